The molecule has 0 amide bonds. The lowest BCUT2D eigenvalue weighted by atomic mass is 10.2. The van der Waals surface area contributed by atoms with E-state index in [1.165, 1.54) is 16.8 Å². The van der Waals surface area contributed by atoms with Crippen molar-refractivity contribution in [2.45, 2.75) is 19.5 Å². The van der Waals surface area contributed by atoms with Crippen LogP contribution in [0.15, 0.2) is 18.2 Å². The molecule has 0 unspecified atom stereocenters. The molecule has 0 spiro atoms. The summed E-state index contributed by atoms with van der Waals surface area (Å²) in [6.07, 6.45) is -4.02. The fourth-order valence-electron chi connectivity index (χ4n) is 1.71. The minimum absolute atomic E-state index is 0.200. The quantitative estimate of drug-likeness (QED) is 0.924. The summed E-state index contributed by atoms with van der Waals surface area (Å²) in [4.78, 5) is 0. The summed E-state index contributed by atoms with van der Waals surface area (Å²) in [5.41, 5.74) is 5.46. The van der Waals surface area contributed by atoms with E-state index in [0.717, 1.165) is 6.07 Å². The molecule has 2 aromatic rings. The van der Waals surface area contributed by atoms with E-state index in [0.29, 0.717) is 12.1 Å². The zero-order chi connectivity index (χ0) is 14.2. The number of halogens is 4. The van der Waals surface area contributed by atoms with Crippen LogP contribution < -0.4 is 5.73 Å². The lowest BCUT2D eigenvalue weighted by molar-refractivity contribution is -0.137. The van der Waals surface area contributed by atoms with Crippen LogP contribution in [0.2, 0.25) is 5.02 Å². The predicted molar refractivity (Wildman–Crippen MR) is 65.2 cm³/mol. The Labute approximate surface area is 112 Å². The second-order valence-electron chi connectivity index (χ2n) is 3.85. The molecule has 0 aliphatic carbocycles. The van der Waals surface area contributed by atoms with Crippen LogP contribution in [0.5, 0.6) is 0 Å². The van der Waals surface area contributed by atoms with Gasteiger partial charge in [0.05, 0.1) is 22.0 Å². The first-order valence-corrected chi connectivity index (χ1v) is 5.79. The molecule has 0 radical (unpaired) electrons. The van der Waals surface area contributed by atoms with Crippen LogP contribution >= 0.6 is 11.6 Å². The number of alkyl halides is 3. The highest BCUT2D eigenvalue weighted by atomic mass is 35.5. The van der Waals surface area contributed by atoms with Gasteiger partial charge in [0.1, 0.15) is 0 Å². The van der Waals surface area contributed by atoms with Crippen molar-refractivity contribution in [2.75, 3.05) is 5.73 Å². The summed E-state index contributed by atoms with van der Waals surface area (Å²) >= 11 is 5.56. The minimum atomic E-state index is -4.52. The van der Waals surface area contributed by atoms with E-state index in [2.05, 4.69) is 10.3 Å². The van der Waals surface area contributed by atoms with Gasteiger partial charge in [0.2, 0.25) is 0 Å². The van der Waals surface area contributed by atoms with E-state index in [-0.39, 0.29) is 16.5 Å². The second kappa shape index (κ2) is 4.73. The van der Waals surface area contributed by atoms with E-state index in [1.807, 2.05) is 6.92 Å². The molecule has 0 bridgehead atoms. The summed E-state index contributed by atoms with van der Waals surface area (Å²) in [7, 11) is 0. The van der Waals surface area contributed by atoms with Gasteiger partial charge in [-0.1, -0.05) is 23.7 Å². The highest BCUT2D eigenvalue weighted by molar-refractivity contribution is 6.31. The first kappa shape index (κ1) is 13.7. The highest BCUT2D eigenvalue weighted by Gasteiger charge is 2.33. The molecule has 0 aliphatic heterocycles. The number of hydrogen-bond donors (Lipinski definition) is 1. The van der Waals surface area contributed by atoms with Crippen LogP contribution in [0, 0.1) is 0 Å². The Morgan fingerprint density at radius 2 is 2.05 bits per heavy atom. The van der Waals surface area contributed by atoms with Crippen LogP contribution in [-0.2, 0) is 12.6 Å². The fraction of sp³-hybridized carbons (Fsp3) is 0.273. The average Bonchev–Trinajstić information content (AvgIpc) is 2.69. The number of nitrogen functional groups attached to an aromatic ring is 1. The van der Waals surface area contributed by atoms with Crippen LogP contribution in [0.4, 0.5) is 19.0 Å². The molecular formula is C11H10ClF3N4. The maximum absolute atomic E-state index is 12.8. The van der Waals surface area contributed by atoms with Crippen LogP contribution in [0.3, 0.4) is 0 Å². The van der Waals surface area contributed by atoms with Gasteiger partial charge >= 0.3 is 6.18 Å². The smallest absolute Gasteiger partial charge is 0.381 e. The van der Waals surface area contributed by atoms with Gasteiger partial charge < -0.3 is 5.73 Å². The van der Waals surface area contributed by atoms with Crippen LogP contribution in [0.1, 0.15) is 18.2 Å². The number of anilines is 1. The molecule has 2 rings (SSSR count). The Hall–Kier alpha value is -1.76. The fourth-order valence-corrected chi connectivity index (χ4v) is 1.94. The molecule has 1 aromatic heterocycles. The van der Waals surface area contributed by atoms with E-state index >= 15 is 0 Å². The Morgan fingerprint density at radius 1 is 1.37 bits per heavy atom. The van der Waals surface area contributed by atoms with Gasteiger partial charge in [0, 0.05) is 0 Å². The van der Waals surface area contributed by atoms with Crippen molar-refractivity contribution >= 4 is 17.4 Å². The monoisotopic (exact) mass is 290 g/mol. The van der Waals surface area contributed by atoms with E-state index in [1.54, 1.807) is 0 Å². The SMILES string of the molecule is CCc1c(N)nnn1-c1ccc(Cl)c(C(F)(F)F)c1. The Kier molecular flexibility index (Phi) is 3.40. The Balaban J connectivity index is 2.58. The zero-order valence-electron chi connectivity index (χ0n) is 9.87. The third-order valence-electron chi connectivity index (χ3n) is 2.63. The Morgan fingerprint density at radius 3 is 2.63 bits per heavy atom. The van der Waals surface area contributed by atoms with Gasteiger partial charge in [-0.15, -0.1) is 5.10 Å². The van der Waals surface area contributed by atoms with Crippen molar-refractivity contribution in [3.05, 3.63) is 34.5 Å². The number of nitrogens with zero attached hydrogens (tertiary/aromatic N) is 3. The lowest BCUT2D eigenvalue weighted by Crippen LogP contribution is -2.09. The molecule has 19 heavy (non-hydrogen) atoms. The molecule has 4 nitrogen and oxygen atoms in total. The molecule has 0 saturated carbocycles. The summed E-state index contributed by atoms with van der Waals surface area (Å²) < 4.78 is 39.6. The lowest BCUT2D eigenvalue weighted by Gasteiger charge is -2.11. The largest absolute Gasteiger partial charge is 0.417 e. The van der Waals surface area contributed by atoms with Gasteiger partial charge in [-0.25, -0.2) is 4.68 Å². The summed E-state index contributed by atoms with van der Waals surface area (Å²) in [5, 5.41) is 7.04. The number of hydrogen-bond acceptors (Lipinski definition) is 3. The number of nitrogens with two attached hydrogens (primary N) is 1. The van der Waals surface area contributed by atoms with E-state index in [9.17, 15) is 13.2 Å². The van der Waals surface area contributed by atoms with Crippen molar-refractivity contribution in [2.24, 2.45) is 0 Å². The standard InChI is InChI=1S/C11H10ClF3N4/c1-2-9-10(16)17-18-19(9)6-3-4-8(12)7(5-6)11(13,14)15/h3-5H,2,16H2,1H3. The van der Waals surface area contributed by atoms with Crippen molar-refractivity contribution in [1.82, 2.24) is 15.0 Å². The average molecular weight is 291 g/mol. The molecule has 1 heterocycles. The number of benzene rings is 1. The molecule has 1 aromatic carbocycles. The molecule has 102 valence electrons. The summed E-state index contributed by atoms with van der Waals surface area (Å²) in [5.74, 6) is 0.200. The third kappa shape index (κ3) is 2.51. The molecule has 2 N–H and O–H groups in total. The Bertz CT molecular complexity index is 606. The van der Waals surface area contributed by atoms with Crippen LogP contribution in [-0.4, -0.2) is 15.0 Å². The molecular weight excluding hydrogens is 281 g/mol. The van der Waals surface area contributed by atoms with Crippen molar-refractivity contribution in [3.8, 4) is 5.69 Å². The molecule has 0 fully saturated rings. The third-order valence-corrected chi connectivity index (χ3v) is 2.96. The first-order valence-electron chi connectivity index (χ1n) is 5.41. The van der Waals surface area contributed by atoms with Gasteiger partial charge in [0.25, 0.3) is 0 Å². The summed E-state index contributed by atoms with van der Waals surface area (Å²) in [6.45, 7) is 1.81. The summed E-state index contributed by atoms with van der Waals surface area (Å²) in [6, 6.07) is 3.54. The van der Waals surface area contributed by atoms with Gasteiger partial charge in [-0.05, 0) is 24.6 Å². The molecule has 8 heteroatoms. The number of aromatic nitrogens is 3. The first-order chi connectivity index (χ1) is 8.84. The van der Waals surface area contributed by atoms with Gasteiger partial charge in [-0.2, -0.15) is 13.2 Å². The molecule has 0 aliphatic rings. The second-order valence-corrected chi connectivity index (χ2v) is 4.26. The maximum Gasteiger partial charge on any atom is 0.417 e. The predicted octanol–water partition coefficient (Wildman–Crippen LogP) is 3.08. The topological polar surface area (TPSA) is 56.7 Å². The minimum Gasteiger partial charge on any atom is -0.381 e. The van der Waals surface area contributed by atoms with Gasteiger partial charge in [0.15, 0.2) is 5.82 Å². The molecule has 0 saturated heterocycles. The normalized spacial score (nSPS) is 11.8. The molecule has 0 atom stereocenters. The van der Waals surface area contributed by atoms with Crippen LogP contribution in [0.25, 0.3) is 5.69 Å². The van der Waals surface area contributed by atoms with Crippen molar-refractivity contribution in [3.63, 3.8) is 0 Å². The van der Waals surface area contributed by atoms with Gasteiger partial charge in [-0.3, -0.25) is 0 Å². The van der Waals surface area contributed by atoms with E-state index in [4.69, 9.17) is 17.3 Å². The van der Waals surface area contributed by atoms with E-state index < -0.39 is 11.7 Å². The highest BCUT2D eigenvalue weighted by Crippen LogP contribution is 2.36. The van der Waals surface area contributed by atoms with Crippen molar-refractivity contribution < 1.29 is 13.2 Å². The number of rotatable bonds is 2. The zero-order valence-corrected chi connectivity index (χ0v) is 10.6. The maximum atomic E-state index is 12.8. The van der Waals surface area contributed by atoms with Crippen molar-refractivity contribution in [1.29, 1.82) is 0 Å².